The largest absolute Gasteiger partial charge is 0.496 e. The van der Waals surface area contributed by atoms with Gasteiger partial charge in [-0.3, -0.25) is 4.79 Å². The summed E-state index contributed by atoms with van der Waals surface area (Å²) in [4.78, 5) is 23.4. The maximum atomic E-state index is 12.4. The van der Waals surface area contributed by atoms with Crippen molar-refractivity contribution in [1.82, 2.24) is 0 Å². The third-order valence-electron chi connectivity index (χ3n) is 3.90. The van der Waals surface area contributed by atoms with E-state index in [1.54, 1.807) is 13.2 Å². The summed E-state index contributed by atoms with van der Waals surface area (Å²) in [7, 11) is 2.98. The Hall–Kier alpha value is -2.08. The van der Waals surface area contributed by atoms with Gasteiger partial charge < -0.3 is 19.9 Å². The van der Waals surface area contributed by atoms with Crippen molar-refractivity contribution >= 4 is 17.6 Å². The van der Waals surface area contributed by atoms with E-state index >= 15 is 0 Å². The number of carboxylic acid groups (broad SMARTS) is 1. The van der Waals surface area contributed by atoms with Gasteiger partial charge >= 0.3 is 5.97 Å². The molecule has 1 saturated carbocycles. The number of ether oxygens (including phenoxy) is 2. The molecule has 1 amide bonds. The average Bonchev–Trinajstić information content (AvgIpc) is 2.42. The van der Waals surface area contributed by atoms with Crippen molar-refractivity contribution in [2.75, 3.05) is 26.1 Å². The van der Waals surface area contributed by atoms with Crippen molar-refractivity contribution in [2.45, 2.75) is 19.3 Å². The average molecular weight is 293 g/mol. The van der Waals surface area contributed by atoms with Gasteiger partial charge in [-0.05, 0) is 25.0 Å². The van der Waals surface area contributed by atoms with Crippen molar-refractivity contribution in [3.8, 4) is 5.75 Å². The maximum absolute atomic E-state index is 12.4. The van der Waals surface area contributed by atoms with Crippen molar-refractivity contribution in [3.63, 3.8) is 0 Å². The van der Waals surface area contributed by atoms with E-state index < -0.39 is 11.4 Å². The number of hydrogen-bond donors (Lipinski definition) is 2. The van der Waals surface area contributed by atoms with Gasteiger partial charge in [-0.15, -0.1) is 0 Å². The lowest BCUT2D eigenvalue weighted by Gasteiger charge is -2.39. The van der Waals surface area contributed by atoms with Gasteiger partial charge in [0.1, 0.15) is 11.3 Å². The molecule has 2 rings (SSSR count). The Labute approximate surface area is 123 Å². The van der Waals surface area contributed by atoms with Crippen LogP contribution in [-0.4, -0.2) is 37.8 Å². The second-order valence-electron chi connectivity index (χ2n) is 5.24. The SMILES string of the molecule is COCC1(C(=O)Nc2ccc(C(=O)O)c(OC)c2)CCC1. The smallest absolute Gasteiger partial charge is 0.339 e. The fourth-order valence-electron chi connectivity index (χ4n) is 2.53. The summed E-state index contributed by atoms with van der Waals surface area (Å²) >= 11 is 0. The molecular formula is C15H19NO5. The molecule has 1 aromatic rings. The molecule has 0 heterocycles. The van der Waals surface area contributed by atoms with Crippen molar-refractivity contribution in [3.05, 3.63) is 23.8 Å². The molecule has 1 aliphatic carbocycles. The highest BCUT2D eigenvalue weighted by molar-refractivity contribution is 5.97. The Bertz CT molecular complexity index is 551. The number of rotatable bonds is 6. The first-order chi connectivity index (χ1) is 10.0. The monoisotopic (exact) mass is 293 g/mol. The van der Waals surface area contributed by atoms with Crippen LogP contribution in [0.25, 0.3) is 0 Å². The van der Waals surface area contributed by atoms with Crippen LogP contribution in [0.4, 0.5) is 5.69 Å². The summed E-state index contributed by atoms with van der Waals surface area (Å²) in [5.74, 6) is -0.949. The predicted molar refractivity (Wildman–Crippen MR) is 76.7 cm³/mol. The van der Waals surface area contributed by atoms with Gasteiger partial charge in [-0.2, -0.15) is 0 Å². The van der Waals surface area contributed by atoms with Crippen LogP contribution in [0.2, 0.25) is 0 Å². The van der Waals surface area contributed by atoms with Crippen LogP contribution in [0.1, 0.15) is 29.6 Å². The summed E-state index contributed by atoms with van der Waals surface area (Å²) in [6.45, 7) is 0.392. The quantitative estimate of drug-likeness (QED) is 0.839. The van der Waals surface area contributed by atoms with E-state index in [1.165, 1.54) is 19.2 Å². The van der Waals surface area contributed by atoms with Crippen LogP contribution in [0.5, 0.6) is 5.75 Å². The van der Waals surface area contributed by atoms with E-state index in [2.05, 4.69) is 5.32 Å². The third kappa shape index (κ3) is 3.00. The molecule has 2 N–H and O–H groups in total. The normalized spacial score (nSPS) is 15.9. The number of benzene rings is 1. The predicted octanol–water partition coefficient (Wildman–Crippen LogP) is 2.15. The van der Waals surface area contributed by atoms with E-state index in [0.29, 0.717) is 12.3 Å². The minimum atomic E-state index is -1.07. The number of anilines is 1. The van der Waals surface area contributed by atoms with Crippen LogP contribution in [0.15, 0.2) is 18.2 Å². The van der Waals surface area contributed by atoms with Crippen LogP contribution >= 0.6 is 0 Å². The second-order valence-corrected chi connectivity index (χ2v) is 5.24. The van der Waals surface area contributed by atoms with E-state index in [9.17, 15) is 9.59 Å². The van der Waals surface area contributed by atoms with Crippen molar-refractivity contribution < 1.29 is 24.2 Å². The number of carboxylic acids is 1. The molecule has 1 aliphatic rings. The van der Waals surface area contributed by atoms with E-state index in [-0.39, 0.29) is 17.2 Å². The fourth-order valence-corrected chi connectivity index (χ4v) is 2.53. The minimum absolute atomic E-state index is 0.0609. The lowest BCUT2D eigenvalue weighted by molar-refractivity contribution is -0.134. The molecule has 0 atom stereocenters. The number of hydrogen-bond acceptors (Lipinski definition) is 4. The van der Waals surface area contributed by atoms with Crippen LogP contribution in [0.3, 0.4) is 0 Å². The summed E-state index contributed by atoms with van der Waals surface area (Å²) in [6.07, 6.45) is 2.62. The topological polar surface area (TPSA) is 84.9 Å². The Morgan fingerprint density at radius 2 is 2.05 bits per heavy atom. The lowest BCUT2D eigenvalue weighted by Crippen LogP contribution is -2.45. The number of amides is 1. The molecule has 6 nitrogen and oxygen atoms in total. The summed E-state index contributed by atoms with van der Waals surface area (Å²) in [5, 5.41) is 11.9. The zero-order valence-electron chi connectivity index (χ0n) is 12.1. The van der Waals surface area contributed by atoms with Gasteiger partial charge in [0.2, 0.25) is 5.91 Å². The second kappa shape index (κ2) is 6.13. The summed E-state index contributed by atoms with van der Waals surface area (Å²) in [6, 6.07) is 4.49. The van der Waals surface area contributed by atoms with Gasteiger partial charge in [-0.1, -0.05) is 6.42 Å². The Morgan fingerprint density at radius 1 is 1.33 bits per heavy atom. The first-order valence-corrected chi connectivity index (χ1v) is 6.74. The minimum Gasteiger partial charge on any atom is -0.496 e. The standard InChI is InChI=1S/C15H19NO5/c1-20-9-15(6-3-7-15)14(19)16-10-4-5-11(13(17)18)12(8-10)21-2/h4-5,8H,3,6-7,9H2,1-2H3,(H,16,19)(H,17,18). The van der Waals surface area contributed by atoms with Gasteiger partial charge in [0.05, 0.1) is 19.1 Å². The number of aromatic carboxylic acids is 1. The molecule has 6 heteroatoms. The highest BCUT2D eigenvalue weighted by Crippen LogP contribution is 2.42. The van der Waals surface area contributed by atoms with Gasteiger partial charge in [-0.25, -0.2) is 4.79 Å². The highest BCUT2D eigenvalue weighted by Gasteiger charge is 2.44. The van der Waals surface area contributed by atoms with Crippen LogP contribution in [-0.2, 0) is 9.53 Å². The molecule has 1 fully saturated rings. The zero-order valence-corrected chi connectivity index (χ0v) is 12.1. The molecule has 0 aromatic heterocycles. The lowest BCUT2D eigenvalue weighted by atomic mass is 9.68. The highest BCUT2D eigenvalue weighted by atomic mass is 16.5. The summed E-state index contributed by atoms with van der Waals surface area (Å²) < 4.78 is 10.2. The zero-order chi connectivity index (χ0) is 15.5. The molecule has 0 aliphatic heterocycles. The number of methoxy groups -OCH3 is 2. The molecule has 114 valence electrons. The van der Waals surface area contributed by atoms with Crippen LogP contribution in [0, 0.1) is 5.41 Å². The van der Waals surface area contributed by atoms with Crippen molar-refractivity contribution in [2.24, 2.45) is 5.41 Å². The molecule has 0 spiro atoms. The molecule has 0 radical (unpaired) electrons. The molecule has 0 bridgehead atoms. The Balaban J connectivity index is 2.16. The number of carbonyl (C=O) groups excluding carboxylic acids is 1. The van der Waals surface area contributed by atoms with Crippen molar-refractivity contribution in [1.29, 1.82) is 0 Å². The molecule has 0 saturated heterocycles. The molecule has 0 unspecified atom stereocenters. The van der Waals surface area contributed by atoms with E-state index in [1.807, 2.05) is 0 Å². The maximum Gasteiger partial charge on any atom is 0.339 e. The molecular weight excluding hydrogens is 274 g/mol. The Morgan fingerprint density at radius 3 is 2.52 bits per heavy atom. The van der Waals surface area contributed by atoms with Gasteiger partial charge in [0, 0.05) is 18.9 Å². The first kappa shape index (κ1) is 15.3. The van der Waals surface area contributed by atoms with Gasteiger partial charge in [0.15, 0.2) is 0 Å². The van der Waals surface area contributed by atoms with E-state index in [0.717, 1.165) is 19.3 Å². The van der Waals surface area contributed by atoms with E-state index in [4.69, 9.17) is 14.6 Å². The van der Waals surface area contributed by atoms with Gasteiger partial charge in [0.25, 0.3) is 0 Å². The first-order valence-electron chi connectivity index (χ1n) is 6.74. The number of nitrogens with one attached hydrogen (secondary N) is 1. The molecule has 21 heavy (non-hydrogen) atoms. The molecule has 1 aromatic carbocycles. The number of carbonyl (C=O) groups is 2. The van der Waals surface area contributed by atoms with Crippen LogP contribution < -0.4 is 10.1 Å². The summed E-state index contributed by atoms with van der Waals surface area (Å²) in [5.41, 5.74) is 0.114. The fraction of sp³-hybridized carbons (Fsp3) is 0.467. The Kier molecular flexibility index (Phi) is 4.47. The third-order valence-corrected chi connectivity index (χ3v) is 3.90.